The van der Waals surface area contributed by atoms with Crippen LogP contribution in [0.3, 0.4) is 0 Å². The van der Waals surface area contributed by atoms with Crippen LogP contribution in [-0.2, 0) is 31.3 Å². The number of primary amides is 1. The van der Waals surface area contributed by atoms with E-state index in [-0.39, 0.29) is 13.0 Å². The lowest BCUT2D eigenvalue weighted by molar-refractivity contribution is -0.143. The van der Waals surface area contributed by atoms with Gasteiger partial charge in [0.2, 0.25) is 23.6 Å². The number of anilines is 1. The van der Waals surface area contributed by atoms with E-state index in [2.05, 4.69) is 10.6 Å². The molecular formula is C24H24N4O5. The van der Waals surface area contributed by atoms with Gasteiger partial charge in [0.05, 0.1) is 25.5 Å². The Kier molecular flexibility index (Phi) is 4.75. The number of nitrogens with one attached hydrogen (secondary N) is 2. The minimum absolute atomic E-state index is 0.0658. The van der Waals surface area contributed by atoms with Crippen molar-refractivity contribution in [1.29, 1.82) is 0 Å². The average molecular weight is 448 g/mol. The topological polar surface area (TPSA) is 131 Å². The Balaban J connectivity index is 1.58. The first kappa shape index (κ1) is 21.1. The fourth-order valence-electron chi connectivity index (χ4n) is 5.50. The number of nitrogens with zero attached hydrogens (tertiary/aromatic N) is 1. The van der Waals surface area contributed by atoms with Gasteiger partial charge in [-0.2, -0.15) is 0 Å². The summed E-state index contributed by atoms with van der Waals surface area (Å²) in [5.41, 5.74) is 6.86. The quantitative estimate of drug-likeness (QED) is 0.580. The number of hydrogen-bond donors (Lipinski definition) is 3. The van der Waals surface area contributed by atoms with Crippen LogP contribution in [0.25, 0.3) is 0 Å². The summed E-state index contributed by atoms with van der Waals surface area (Å²) in [7, 11) is 1.56. The van der Waals surface area contributed by atoms with Crippen molar-refractivity contribution in [2.45, 2.75) is 31.5 Å². The molecule has 4 amide bonds. The van der Waals surface area contributed by atoms with Gasteiger partial charge < -0.3 is 15.8 Å². The van der Waals surface area contributed by atoms with Gasteiger partial charge in [0.15, 0.2) is 0 Å². The summed E-state index contributed by atoms with van der Waals surface area (Å²) in [6, 6.07) is 11.8. The van der Waals surface area contributed by atoms with Crippen LogP contribution < -0.4 is 21.1 Å². The molecule has 0 bridgehead atoms. The van der Waals surface area contributed by atoms with Crippen LogP contribution in [0, 0.1) is 18.8 Å². The standard InChI is InChI=1S/C24H24N4O5/c1-12-4-3-5-15-20(12)26-23(32)24(15)19-18(16(27-24)10-17(25)29)21(30)28(22(19)31)11-13-6-8-14(33-2)9-7-13/h3-9,16,18-19,27H,10-11H2,1-2H3,(H2,25,29)(H,26,32)/t16-,18+,19+,24+/m0/s1. The Morgan fingerprint density at radius 1 is 1.12 bits per heavy atom. The second-order valence-corrected chi connectivity index (χ2v) is 8.80. The molecule has 0 aromatic heterocycles. The van der Waals surface area contributed by atoms with E-state index >= 15 is 0 Å². The van der Waals surface area contributed by atoms with Gasteiger partial charge in [-0.15, -0.1) is 0 Å². The van der Waals surface area contributed by atoms with Crippen molar-refractivity contribution in [1.82, 2.24) is 10.2 Å². The molecule has 2 aromatic carbocycles. The first-order chi connectivity index (χ1) is 15.8. The molecule has 2 aromatic rings. The molecule has 3 heterocycles. The fourth-order valence-corrected chi connectivity index (χ4v) is 5.50. The number of benzene rings is 2. The summed E-state index contributed by atoms with van der Waals surface area (Å²) in [6.45, 7) is 1.93. The number of carbonyl (C=O) groups excluding carboxylic acids is 4. The van der Waals surface area contributed by atoms with Crippen molar-refractivity contribution in [2.24, 2.45) is 17.6 Å². The molecule has 9 nitrogen and oxygen atoms in total. The summed E-state index contributed by atoms with van der Waals surface area (Å²) in [5.74, 6) is -3.05. The molecule has 2 saturated heterocycles. The number of likely N-dealkylation sites (tertiary alicyclic amines) is 1. The zero-order valence-corrected chi connectivity index (χ0v) is 18.3. The van der Waals surface area contributed by atoms with Crippen LogP contribution in [0.15, 0.2) is 42.5 Å². The minimum atomic E-state index is -1.44. The van der Waals surface area contributed by atoms with Crippen molar-refractivity contribution >= 4 is 29.3 Å². The first-order valence-electron chi connectivity index (χ1n) is 10.7. The molecule has 9 heteroatoms. The van der Waals surface area contributed by atoms with Crippen LogP contribution in [0.1, 0.15) is 23.1 Å². The van der Waals surface area contributed by atoms with E-state index in [4.69, 9.17) is 10.5 Å². The number of aryl methyl sites for hydroxylation is 1. The summed E-state index contributed by atoms with van der Waals surface area (Å²) in [5, 5.41) is 6.08. The third-order valence-electron chi connectivity index (χ3n) is 6.97. The van der Waals surface area contributed by atoms with E-state index < -0.39 is 47.0 Å². The lowest BCUT2D eigenvalue weighted by Gasteiger charge is -2.29. The van der Waals surface area contributed by atoms with Gasteiger partial charge in [0.1, 0.15) is 11.3 Å². The molecule has 4 N–H and O–H groups in total. The monoisotopic (exact) mass is 448 g/mol. The number of imide groups is 1. The predicted octanol–water partition coefficient (Wildman–Crippen LogP) is 0.800. The van der Waals surface area contributed by atoms with Gasteiger partial charge in [0.25, 0.3) is 0 Å². The minimum Gasteiger partial charge on any atom is -0.497 e. The molecule has 1 spiro atoms. The lowest BCUT2D eigenvalue weighted by atomic mass is 9.76. The number of nitrogens with two attached hydrogens (primary N) is 1. The Labute approximate surface area is 190 Å². The van der Waals surface area contributed by atoms with Crippen LogP contribution in [0.2, 0.25) is 0 Å². The van der Waals surface area contributed by atoms with Gasteiger partial charge in [-0.3, -0.25) is 29.4 Å². The summed E-state index contributed by atoms with van der Waals surface area (Å²) >= 11 is 0. The molecule has 4 atom stereocenters. The van der Waals surface area contributed by atoms with E-state index in [0.29, 0.717) is 17.0 Å². The molecule has 170 valence electrons. The van der Waals surface area contributed by atoms with Crippen molar-refractivity contribution in [3.8, 4) is 5.75 Å². The van der Waals surface area contributed by atoms with E-state index in [1.54, 1.807) is 37.4 Å². The molecule has 0 radical (unpaired) electrons. The number of para-hydroxylation sites is 1. The number of methoxy groups -OCH3 is 1. The Morgan fingerprint density at radius 3 is 2.52 bits per heavy atom. The highest BCUT2D eigenvalue weighted by atomic mass is 16.5. The van der Waals surface area contributed by atoms with Gasteiger partial charge in [-0.1, -0.05) is 30.3 Å². The molecule has 3 aliphatic rings. The molecule has 3 aliphatic heterocycles. The van der Waals surface area contributed by atoms with Crippen LogP contribution >= 0.6 is 0 Å². The highest BCUT2D eigenvalue weighted by molar-refractivity contribution is 6.15. The van der Waals surface area contributed by atoms with Crippen molar-refractivity contribution in [2.75, 3.05) is 12.4 Å². The van der Waals surface area contributed by atoms with Crippen molar-refractivity contribution in [3.05, 3.63) is 59.2 Å². The van der Waals surface area contributed by atoms with E-state index in [9.17, 15) is 19.2 Å². The van der Waals surface area contributed by atoms with Crippen LogP contribution in [-0.4, -0.2) is 41.7 Å². The largest absolute Gasteiger partial charge is 0.497 e. The number of amides is 4. The third-order valence-corrected chi connectivity index (χ3v) is 6.97. The molecular weight excluding hydrogens is 424 g/mol. The zero-order chi connectivity index (χ0) is 23.5. The zero-order valence-electron chi connectivity index (χ0n) is 18.3. The number of rotatable bonds is 5. The van der Waals surface area contributed by atoms with Crippen molar-refractivity contribution < 1.29 is 23.9 Å². The number of ether oxygens (including phenoxy) is 1. The van der Waals surface area contributed by atoms with Gasteiger partial charge in [0, 0.05) is 23.7 Å². The Hall–Kier alpha value is -3.72. The maximum absolute atomic E-state index is 13.7. The molecule has 5 rings (SSSR count). The highest BCUT2D eigenvalue weighted by Gasteiger charge is 2.70. The first-order valence-corrected chi connectivity index (χ1v) is 10.7. The normalized spacial score (nSPS) is 27.6. The number of carbonyl (C=O) groups is 4. The van der Waals surface area contributed by atoms with Crippen molar-refractivity contribution in [3.63, 3.8) is 0 Å². The SMILES string of the molecule is COc1ccc(CN2C(=O)[C@@H]3[C@H](CC(N)=O)N[C@@]4(C(=O)Nc5c(C)cccc54)[C@H]3C2=O)cc1. The molecule has 2 fully saturated rings. The summed E-state index contributed by atoms with van der Waals surface area (Å²) in [4.78, 5) is 53.6. The van der Waals surface area contributed by atoms with E-state index in [1.165, 1.54) is 4.90 Å². The van der Waals surface area contributed by atoms with Crippen LogP contribution in [0.4, 0.5) is 5.69 Å². The maximum atomic E-state index is 13.7. The average Bonchev–Trinajstić information content (AvgIpc) is 3.35. The Morgan fingerprint density at radius 2 is 1.85 bits per heavy atom. The third kappa shape index (κ3) is 2.96. The molecule has 0 unspecified atom stereocenters. The predicted molar refractivity (Wildman–Crippen MR) is 118 cm³/mol. The lowest BCUT2D eigenvalue weighted by Crippen LogP contribution is -2.53. The highest BCUT2D eigenvalue weighted by Crippen LogP contribution is 2.54. The molecule has 0 aliphatic carbocycles. The van der Waals surface area contributed by atoms with Gasteiger partial charge in [-0.05, 0) is 30.2 Å². The van der Waals surface area contributed by atoms with Crippen LogP contribution in [0.5, 0.6) is 5.75 Å². The van der Waals surface area contributed by atoms with E-state index in [1.807, 2.05) is 19.1 Å². The summed E-state index contributed by atoms with van der Waals surface area (Å²) < 4.78 is 5.17. The second-order valence-electron chi connectivity index (χ2n) is 8.80. The Bertz CT molecular complexity index is 1190. The number of hydrogen-bond acceptors (Lipinski definition) is 6. The maximum Gasteiger partial charge on any atom is 0.250 e. The molecule has 33 heavy (non-hydrogen) atoms. The van der Waals surface area contributed by atoms with Gasteiger partial charge in [-0.25, -0.2) is 0 Å². The second kappa shape index (κ2) is 7.41. The smallest absolute Gasteiger partial charge is 0.250 e. The molecule has 0 saturated carbocycles. The fraction of sp³-hybridized carbons (Fsp3) is 0.333. The van der Waals surface area contributed by atoms with Gasteiger partial charge >= 0.3 is 0 Å². The summed E-state index contributed by atoms with van der Waals surface area (Å²) in [6.07, 6.45) is -0.160. The number of fused-ring (bicyclic) bond motifs is 4. The van der Waals surface area contributed by atoms with E-state index in [0.717, 1.165) is 11.1 Å².